The molecule has 4 nitrogen and oxygen atoms in total. The van der Waals surface area contributed by atoms with E-state index in [9.17, 15) is 4.79 Å². The van der Waals surface area contributed by atoms with Gasteiger partial charge in [-0.3, -0.25) is 9.69 Å². The summed E-state index contributed by atoms with van der Waals surface area (Å²) in [6.45, 7) is 3.38. The molecule has 0 aromatic heterocycles. The lowest BCUT2D eigenvalue weighted by molar-refractivity contribution is -0.147. The van der Waals surface area contributed by atoms with Crippen LogP contribution in [0, 0.1) is 5.92 Å². The fourth-order valence-electron chi connectivity index (χ4n) is 2.65. The molecule has 19 heavy (non-hydrogen) atoms. The maximum absolute atomic E-state index is 11.5. The van der Waals surface area contributed by atoms with Crippen molar-refractivity contribution in [1.29, 1.82) is 0 Å². The summed E-state index contributed by atoms with van der Waals surface area (Å²) in [6.07, 6.45) is 1.77. The first-order chi connectivity index (χ1) is 9.24. The molecule has 0 atom stereocenters. The van der Waals surface area contributed by atoms with Crippen LogP contribution in [-0.4, -0.2) is 31.1 Å². The standard InChI is InChI=1S/C15H22N2O2/c1-19-15(18)12-6-8-17(9-7-12)11-14-5-3-2-4-13(14)10-16/h2-5,12H,6-11,16H2,1H3. The van der Waals surface area contributed by atoms with Crippen LogP contribution in [-0.2, 0) is 22.6 Å². The predicted octanol–water partition coefficient (Wildman–Crippen LogP) is 1.53. The van der Waals surface area contributed by atoms with Gasteiger partial charge in [0, 0.05) is 13.1 Å². The van der Waals surface area contributed by atoms with Crippen LogP contribution < -0.4 is 5.73 Å². The Morgan fingerprint density at radius 1 is 1.32 bits per heavy atom. The number of carbonyl (C=O) groups excluding carboxylic acids is 1. The van der Waals surface area contributed by atoms with Crippen molar-refractivity contribution in [1.82, 2.24) is 4.90 Å². The summed E-state index contributed by atoms with van der Waals surface area (Å²) in [7, 11) is 1.46. The van der Waals surface area contributed by atoms with Crippen molar-refractivity contribution in [2.24, 2.45) is 11.7 Å². The van der Waals surface area contributed by atoms with E-state index in [4.69, 9.17) is 10.5 Å². The number of hydrogen-bond acceptors (Lipinski definition) is 4. The zero-order valence-corrected chi connectivity index (χ0v) is 11.5. The Kier molecular flexibility index (Phi) is 4.93. The van der Waals surface area contributed by atoms with E-state index in [0.29, 0.717) is 6.54 Å². The van der Waals surface area contributed by atoms with Crippen LogP contribution in [0.3, 0.4) is 0 Å². The Morgan fingerprint density at radius 2 is 1.95 bits per heavy atom. The van der Waals surface area contributed by atoms with E-state index in [2.05, 4.69) is 23.1 Å². The van der Waals surface area contributed by atoms with Crippen molar-refractivity contribution in [3.8, 4) is 0 Å². The number of nitrogens with two attached hydrogens (primary N) is 1. The van der Waals surface area contributed by atoms with E-state index in [0.717, 1.165) is 32.5 Å². The second-order valence-corrected chi connectivity index (χ2v) is 5.05. The topological polar surface area (TPSA) is 55.6 Å². The predicted molar refractivity (Wildman–Crippen MR) is 74.4 cm³/mol. The van der Waals surface area contributed by atoms with Crippen LogP contribution >= 0.6 is 0 Å². The number of benzene rings is 1. The number of methoxy groups -OCH3 is 1. The average molecular weight is 262 g/mol. The van der Waals surface area contributed by atoms with Crippen LogP contribution in [0.4, 0.5) is 0 Å². The molecule has 2 N–H and O–H groups in total. The molecule has 1 aliphatic rings. The van der Waals surface area contributed by atoms with Gasteiger partial charge in [0.05, 0.1) is 13.0 Å². The van der Waals surface area contributed by atoms with Gasteiger partial charge in [0.25, 0.3) is 0 Å². The summed E-state index contributed by atoms with van der Waals surface area (Å²) in [6, 6.07) is 8.29. The van der Waals surface area contributed by atoms with Crippen LogP contribution in [0.25, 0.3) is 0 Å². The van der Waals surface area contributed by atoms with E-state index >= 15 is 0 Å². The van der Waals surface area contributed by atoms with Crippen molar-refractivity contribution in [2.45, 2.75) is 25.9 Å². The first-order valence-electron chi connectivity index (χ1n) is 6.81. The lowest BCUT2D eigenvalue weighted by atomic mass is 9.96. The Labute approximate surface area is 114 Å². The molecule has 0 radical (unpaired) electrons. The van der Waals surface area contributed by atoms with Crippen molar-refractivity contribution in [3.63, 3.8) is 0 Å². The molecule has 1 saturated heterocycles. The smallest absolute Gasteiger partial charge is 0.308 e. The Morgan fingerprint density at radius 3 is 2.53 bits per heavy atom. The lowest BCUT2D eigenvalue weighted by Gasteiger charge is -2.31. The van der Waals surface area contributed by atoms with E-state index in [1.165, 1.54) is 18.2 Å². The first kappa shape index (κ1) is 14.0. The van der Waals surface area contributed by atoms with Gasteiger partial charge in [-0.1, -0.05) is 24.3 Å². The third kappa shape index (κ3) is 3.55. The summed E-state index contributed by atoms with van der Waals surface area (Å²) in [5.41, 5.74) is 8.26. The fraction of sp³-hybridized carbons (Fsp3) is 0.533. The number of carbonyl (C=O) groups is 1. The van der Waals surface area contributed by atoms with Crippen molar-refractivity contribution in [3.05, 3.63) is 35.4 Å². The fourth-order valence-corrected chi connectivity index (χ4v) is 2.65. The Hall–Kier alpha value is -1.39. The molecule has 4 heteroatoms. The number of esters is 1. The number of nitrogens with zero attached hydrogens (tertiary/aromatic N) is 1. The lowest BCUT2D eigenvalue weighted by Crippen LogP contribution is -2.36. The molecule has 1 fully saturated rings. The van der Waals surface area contributed by atoms with Crippen molar-refractivity contribution < 1.29 is 9.53 Å². The molecule has 1 aromatic carbocycles. The number of likely N-dealkylation sites (tertiary alicyclic amines) is 1. The van der Waals surface area contributed by atoms with Gasteiger partial charge in [-0.2, -0.15) is 0 Å². The van der Waals surface area contributed by atoms with E-state index in [-0.39, 0.29) is 11.9 Å². The molecular weight excluding hydrogens is 240 g/mol. The number of hydrogen-bond donors (Lipinski definition) is 1. The van der Waals surface area contributed by atoms with Gasteiger partial charge < -0.3 is 10.5 Å². The minimum Gasteiger partial charge on any atom is -0.469 e. The zero-order chi connectivity index (χ0) is 13.7. The second kappa shape index (κ2) is 6.68. The van der Waals surface area contributed by atoms with Gasteiger partial charge in [0.1, 0.15) is 0 Å². The highest BCUT2D eigenvalue weighted by Crippen LogP contribution is 2.21. The van der Waals surface area contributed by atoms with Gasteiger partial charge >= 0.3 is 5.97 Å². The third-order valence-corrected chi connectivity index (χ3v) is 3.85. The Balaban J connectivity index is 1.90. The molecule has 0 spiro atoms. The van der Waals surface area contributed by atoms with Gasteiger partial charge in [0.15, 0.2) is 0 Å². The number of piperidine rings is 1. The van der Waals surface area contributed by atoms with E-state index in [1.54, 1.807) is 0 Å². The molecule has 1 heterocycles. The van der Waals surface area contributed by atoms with E-state index in [1.807, 2.05) is 6.07 Å². The van der Waals surface area contributed by atoms with Gasteiger partial charge in [-0.25, -0.2) is 0 Å². The zero-order valence-electron chi connectivity index (χ0n) is 11.5. The van der Waals surface area contributed by atoms with Crippen LogP contribution in [0.1, 0.15) is 24.0 Å². The number of rotatable bonds is 4. The molecule has 1 aliphatic heterocycles. The number of ether oxygens (including phenoxy) is 1. The highest BCUT2D eigenvalue weighted by Gasteiger charge is 2.25. The largest absolute Gasteiger partial charge is 0.469 e. The monoisotopic (exact) mass is 262 g/mol. The van der Waals surface area contributed by atoms with Crippen molar-refractivity contribution in [2.75, 3.05) is 20.2 Å². The minimum atomic E-state index is -0.0676. The normalized spacial score (nSPS) is 17.4. The summed E-state index contributed by atoms with van der Waals surface area (Å²) >= 11 is 0. The quantitative estimate of drug-likeness (QED) is 0.836. The highest BCUT2D eigenvalue weighted by molar-refractivity contribution is 5.72. The van der Waals surface area contributed by atoms with Crippen LogP contribution in [0.2, 0.25) is 0 Å². The summed E-state index contributed by atoms with van der Waals surface area (Å²) in [5, 5.41) is 0. The maximum atomic E-state index is 11.5. The van der Waals surface area contributed by atoms with Crippen LogP contribution in [0.5, 0.6) is 0 Å². The highest BCUT2D eigenvalue weighted by atomic mass is 16.5. The molecule has 104 valence electrons. The minimum absolute atomic E-state index is 0.0676. The van der Waals surface area contributed by atoms with Crippen LogP contribution in [0.15, 0.2) is 24.3 Å². The van der Waals surface area contributed by atoms with Gasteiger partial charge in [-0.05, 0) is 37.1 Å². The summed E-state index contributed by atoms with van der Waals surface area (Å²) in [5.74, 6) is 0.00742. The van der Waals surface area contributed by atoms with Gasteiger partial charge in [-0.15, -0.1) is 0 Å². The Bertz CT molecular complexity index is 426. The summed E-state index contributed by atoms with van der Waals surface area (Å²) < 4.78 is 4.81. The van der Waals surface area contributed by atoms with Crippen molar-refractivity contribution >= 4 is 5.97 Å². The summed E-state index contributed by atoms with van der Waals surface area (Å²) in [4.78, 5) is 13.9. The molecule has 0 bridgehead atoms. The molecule has 0 amide bonds. The SMILES string of the molecule is COC(=O)C1CCN(Cc2ccccc2CN)CC1. The van der Waals surface area contributed by atoms with Gasteiger partial charge in [0.2, 0.25) is 0 Å². The molecule has 0 aliphatic carbocycles. The molecule has 1 aromatic rings. The molecule has 2 rings (SSSR count). The third-order valence-electron chi connectivity index (χ3n) is 3.85. The van der Waals surface area contributed by atoms with E-state index < -0.39 is 0 Å². The average Bonchev–Trinajstić information content (AvgIpc) is 2.48. The molecular formula is C15H22N2O2. The molecule has 0 unspecified atom stereocenters. The second-order valence-electron chi connectivity index (χ2n) is 5.05. The first-order valence-corrected chi connectivity index (χ1v) is 6.81. The molecule has 0 saturated carbocycles. The maximum Gasteiger partial charge on any atom is 0.308 e.